The number of aliphatic hydroxyl groups is 1. The summed E-state index contributed by atoms with van der Waals surface area (Å²) in [7, 11) is -2.84. The Morgan fingerprint density at radius 2 is 1.97 bits per heavy atom. The van der Waals surface area contributed by atoms with Gasteiger partial charge in [0.1, 0.15) is 0 Å². The van der Waals surface area contributed by atoms with Crippen molar-refractivity contribution in [3.8, 4) is 5.69 Å². The van der Waals surface area contributed by atoms with Crippen LogP contribution in [-0.2, 0) is 25.2 Å². The maximum Gasteiger partial charge on any atom is 0.247 e. The fourth-order valence-electron chi connectivity index (χ4n) is 2.78. The monoisotopic (exact) mass is 554 g/mol. The Morgan fingerprint density at radius 1 is 1.28 bits per heavy atom. The van der Waals surface area contributed by atoms with Crippen molar-refractivity contribution in [3.63, 3.8) is 0 Å². The van der Waals surface area contributed by atoms with Crippen LogP contribution in [0.25, 0.3) is 17.5 Å². The minimum Gasteiger partial charge on any atom is -0.485 e. The van der Waals surface area contributed by atoms with Crippen LogP contribution >= 0.6 is 10.6 Å². The number of benzene rings is 1. The normalized spacial score (nSPS) is 13.3. The van der Waals surface area contributed by atoms with Gasteiger partial charge in [0.15, 0.2) is 0 Å². The van der Waals surface area contributed by atoms with Gasteiger partial charge in [0.2, 0.25) is 5.91 Å². The second-order valence-electron chi connectivity index (χ2n) is 6.80. The first-order valence-electron chi connectivity index (χ1n) is 10.1. The molecule has 180 valence electrons. The number of amidine groups is 1. The van der Waals surface area contributed by atoms with Gasteiger partial charge < -0.3 is 21.1 Å². The summed E-state index contributed by atoms with van der Waals surface area (Å²) in [5, 5.41) is 14.6. The molecule has 1 aromatic carbocycles. The van der Waals surface area contributed by atoms with Crippen LogP contribution in [-0.4, -0.2) is 54.6 Å². The summed E-state index contributed by atoms with van der Waals surface area (Å²) in [5.74, 6) is 0.151. The molecule has 1 aromatic heterocycles. The summed E-state index contributed by atoms with van der Waals surface area (Å²) in [5.41, 5.74) is 10.6. The number of carbonyl (C=O) groups is 1. The van der Waals surface area contributed by atoms with Gasteiger partial charge in [0.25, 0.3) is 0 Å². The number of aliphatic hydroxyl groups excluding tert-OH is 1. The Hall–Kier alpha value is -2.00. The molecule has 0 bridgehead atoms. The van der Waals surface area contributed by atoms with Crippen molar-refractivity contribution < 1.29 is 39.4 Å². The second kappa shape index (κ2) is 12.9. The molecular formula is C21H30N5O4PdS-. The van der Waals surface area contributed by atoms with E-state index in [0.29, 0.717) is 28.4 Å². The van der Waals surface area contributed by atoms with E-state index in [0.717, 1.165) is 12.0 Å². The van der Waals surface area contributed by atoms with Crippen LogP contribution in [0.2, 0.25) is 0 Å². The van der Waals surface area contributed by atoms with E-state index in [-0.39, 0.29) is 50.9 Å². The molecule has 0 fully saturated rings. The molecule has 0 spiro atoms. The van der Waals surface area contributed by atoms with Gasteiger partial charge >= 0.3 is 0 Å². The first-order chi connectivity index (χ1) is 14.7. The van der Waals surface area contributed by atoms with Crippen molar-refractivity contribution in [1.29, 1.82) is 0 Å². The average molecular weight is 555 g/mol. The molecule has 2 heterocycles. The summed E-state index contributed by atoms with van der Waals surface area (Å²) in [6.07, 6.45) is 5.80. The summed E-state index contributed by atoms with van der Waals surface area (Å²) < 4.78 is 21.7. The number of aliphatic imine (C=N–C) groups is 1. The Labute approximate surface area is 203 Å². The van der Waals surface area contributed by atoms with Gasteiger partial charge in [-0.1, -0.05) is 18.8 Å². The van der Waals surface area contributed by atoms with Crippen molar-refractivity contribution in [2.24, 2.45) is 4.99 Å². The maximum atomic E-state index is 12.3. The topological polar surface area (TPSA) is 144 Å². The van der Waals surface area contributed by atoms with E-state index in [1.807, 2.05) is 19.1 Å². The molecule has 0 radical (unpaired) electrons. The third-order valence-electron chi connectivity index (χ3n) is 4.39. The van der Waals surface area contributed by atoms with Crippen LogP contribution in [0.15, 0.2) is 46.1 Å². The maximum absolute atomic E-state index is 12.3. The van der Waals surface area contributed by atoms with Crippen molar-refractivity contribution in [2.75, 3.05) is 18.9 Å². The van der Waals surface area contributed by atoms with Crippen LogP contribution in [0, 0.1) is 0 Å². The Kier molecular flexibility index (Phi) is 11.3. The van der Waals surface area contributed by atoms with Crippen LogP contribution in [0.1, 0.15) is 39.2 Å². The van der Waals surface area contributed by atoms with Crippen molar-refractivity contribution in [1.82, 2.24) is 15.1 Å². The van der Waals surface area contributed by atoms with Gasteiger partial charge in [-0.05, 0) is 56.1 Å². The molecule has 0 saturated heterocycles. The van der Waals surface area contributed by atoms with Crippen molar-refractivity contribution >= 4 is 34.1 Å². The zero-order valence-corrected chi connectivity index (χ0v) is 20.7. The number of carbonyl (C=O) groups excluding carboxylic acids is 1. The van der Waals surface area contributed by atoms with E-state index < -0.39 is 10.6 Å². The van der Waals surface area contributed by atoms with Crippen LogP contribution in [0.5, 0.6) is 0 Å². The van der Waals surface area contributed by atoms with Gasteiger partial charge in [-0.15, -0.1) is 0 Å². The molecule has 2 aromatic rings. The van der Waals surface area contributed by atoms with Crippen LogP contribution in [0.4, 0.5) is 5.69 Å². The van der Waals surface area contributed by atoms with E-state index in [4.69, 9.17) is 10.8 Å². The first kappa shape index (κ1) is 28.0. The van der Waals surface area contributed by atoms with Gasteiger partial charge in [-0.25, -0.2) is 4.68 Å². The molecule has 3 rings (SSSR count). The fraction of sp³-hybridized carbons (Fsp3) is 0.381. The number of aromatic nitrogens is 2. The number of hydrogen-bond donors (Lipinski definition) is 4. The number of fused-ring (bicyclic) bond motifs is 1. The molecular weight excluding hydrogens is 525 g/mol. The molecule has 1 aliphatic heterocycles. The van der Waals surface area contributed by atoms with E-state index in [2.05, 4.69) is 15.4 Å². The summed E-state index contributed by atoms with van der Waals surface area (Å²) in [6.45, 7) is 6.21. The van der Waals surface area contributed by atoms with Crippen molar-refractivity contribution in [2.45, 2.75) is 38.5 Å². The Bertz CT molecular complexity index is 975. The molecule has 9 nitrogen and oxygen atoms in total. The van der Waals surface area contributed by atoms with Crippen LogP contribution < -0.4 is 5.32 Å². The number of hydrogen-bond acceptors (Lipinski definition) is 6. The first-order valence-corrected chi connectivity index (χ1v) is 11.8. The smallest absolute Gasteiger partial charge is 0.247 e. The number of amides is 1. The number of nitrogens with zero attached hydrogens (tertiary/aromatic N) is 3. The van der Waals surface area contributed by atoms with Gasteiger partial charge in [-0.2, -0.15) is 15.7 Å². The van der Waals surface area contributed by atoms with Crippen molar-refractivity contribution in [3.05, 3.63) is 47.5 Å². The van der Waals surface area contributed by atoms with Crippen LogP contribution in [0.3, 0.4) is 0 Å². The molecule has 5 N–H and O–H groups in total. The zero-order chi connectivity index (χ0) is 23.0. The largest absolute Gasteiger partial charge is 0.485 e. The predicted molar refractivity (Wildman–Crippen MR) is 125 cm³/mol. The molecule has 32 heavy (non-hydrogen) atoms. The van der Waals surface area contributed by atoms with E-state index in [1.54, 1.807) is 36.9 Å². The third-order valence-corrected chi connectivity index (χ3v) is 6.16. The second-order valence-corrected chi connectivity index (χ2v) is 9.18. The summed E-state index contributed by atoms with van der Waals surface area (Å²) in [4.78, 5) is 17.0. The molecule has 0 saturated carbocycles. The molecule has 11 heteroatoms. The predicted octanol–water partition coefficient (Wildman–Crippen LogP) is 4.39. The van der Waals surface area contributed by atoms with E-state index in [9.17, 15) is 13.9 Å². The van der Waals surface area contributed by atoms with E-state index >= 15 is 0 Å². The third kappa shape index (κ3) is 7.27. The minimum absolute atomic E-state index is 0. The van der Waals surface area contributed by atoms with Gasteiger partial charge in [0.05, 0.1) is 23.0 Å². The minimum atomic E-state index is -2.84. The molecule has 0 unspecified atom stereocenters. The molecule has 1 aliphatic rings. The van der Waals surface area contributed by atoms with E-state index in [1.165, 1.54) is 6.20 Å². The number of nitrogens with one attached hydrogen (secondary N) is 2. The summed E-state index contributed by atoms with van der Waals surface area (Å²) >= 11 is 0. The van der Waals surface area contributed by atoms with Gasteiger partial charge in [0, 0.05) is 44.9 Å². The fourth-order valence-corrected chi connectivity index (χ4v) is 3.60. The average Bonchev–Trinajstić information content (AvgIpc) is 3.18. The quantitative estimate of drug-likeness (QED) is 0.391. The number of rotatable bonds is 6. The molecule has 0 aliphatic carbocycles. The summed E-state index contributed by atoms with van der Waals surface area (Å²) in [6, 6.07) is 5.40. The standard InChI is InChI=1S/C19H25N5O3S.C2H6O.Pd/c1-3-7-21-19(25)14-8-13-5-6-15(10-17(13)23-18(20)9-14)24-12-16(11-22-24)28(26,27)4-2;1-2-3;/h5-6,8,10-12H,3-4,7,9H2,1-2H3,(H5,20,21,23,25,26,27);3H,2H2,1H3;/p-1. The Morgan fingerprint density at radius 3 is 2.59 bits per heavy atom. The zero-order valence-electron chi connectivity index (χ0n) is 18.3. The van der Waals surface area contributed by atoms with Gasteiger partial charge in [-0.3, -0.25) is 13.9 Å². The Balaban J connectivity index is 0.00000121. The molecule has 0 atom stereocenters. The SMILES string of the molecule is CCCNC(=O)C1=Cc2ccc(-n3cc(S(O)(O)CC)cn3)cc2N=C([NH-])C1.CCO.[Pd]. The molecule has 1 amide bonds.